The zero-order chi connectivity index (χ0) is 10.5. The van der Waals surface area contributed by atoms with Gasteiger partial charge in [0.25, 0.3) is 0 Å². The highest BCUT2D eigenvalue weighted by Crippen LogP contribution is 2.59. The van der Waals surface area contributed by atoms with Gasteiger partial charge in [0.15, 0.2) is 0 Å². The van der Waals surface area contributed by atoms with Crippen molar-refractivity contribution >= 4 is 0 Å². The summed E-state index contributed by atoms with van der Waals surface area (Å²) in [7, 11) is 0. The number of allylic oxidation sites excluding steroid dienone is 1. The van der Waals surface area contributed by atoms with E-state index >= 15 is 0 Å². The van der Waals surface area contributed by atoms with Crippen LogP contribution in [0.5, 0.6) is 0 Å². The SMILES string of the molecule is CC1(C)[C@@H]2CC=C(COC[C@@H]3CO3)[C@@H]1C2. The Balaban J connectivity index is 1.54. The Labute approximate surface area is 91.6 Å². The Hall–Kier alpha value is -0.340. The third-order valence-electron chi connectivity index (χ3n) is 4.56. The molecule has 3 aliphatic carbocycles. The normalized spacial score (nSPS) is 40.7. The van der Waals surface area contributed by atoms with Gasteiger partial charge in [-0.3, -0.25) is 0 Å². The van der Waals surface area contributed by atoms with E-state index in [1.54, 1.807) is 5.57 Å². The maximum Gasteiger partial charge on any atom is 0.104 e. The maximum atomic E-state index is 5.69. The van der Waals surface area contributed by atoms with E-state index in [1.165, 1.54) is 12.8 Å². The van der Waals surface area contributed by atoms with E-state index < -0.39 is 0 Å². The first-order valence-electron chi connectivity index (χ1n) is 6.06. The Morgan fingerprint density at radius 1 is 1.53 bits per heavy atom. The summed E-state index contributed by atoms with van der Waals surface area (Å²) in [4.78, 5) is 0. The second-order valence-corrected chi connectivity index (χ2v) is 5.79. The summed E-state index contributed by atoms with van der Waals surface area (Å²) in [6.45, 7) is 7.33. The van der Waals surface area contributed by atoms with Crippen LogP contribution in [0.15, 0.2) is 11.6 Å². The molecule has 0 radical (unpaired) electrons. The Morgan fingerprint density at radius 2 is 2.33 bits per heavy atom. The van der Waals surface area contributed by atoms with E-state index in [0.29, 0.717) is 11.5 Å². The first-order chi connectivity index (χ1) is 7.18. The van der Waals surface area contributed by atoms with Gasteiger partial charge >= 0.3 is 0 Å². The van der Waals surface area contributed by atoms with E-state index in [2.05, 4.69) is 19.9 Å². The average Bonchev–Trinajstić information content (AvgIpc) is 3.02. The first kappa shape index (κ1) is 9.86. The summed E-state index contributed by atoms with van der Waals surface area (Å²) in [5.41, 5.74) is 2.08. The second kappa shape index (κ2) is 3.33. The van der Waals surface area contributed by atoms with Gasteiger partial charge in [-0.2, -0.15) is 0 Å². The molecule has 3 atom stereocenters. The highest BCUT2D eigenvalue weighted by molar-refractivity contribution is 5.23. The van der Waals surface area contributed by atoms with Gasteiger partial charge in [0.05, 0.1) is 19.8 Å². The van der Waals surface area contributed by atoms with Gasteiger partial charge in [-0.25, -0.2) is 0 Å². The van der Waals surface area contributed by atoms with Crippen molar-refractivity contribution in [2.75, 3.05) is 19.8 Å². The predicted molar refractivity (Wildman–Crippen MR) is 58.6 cm³/mol. The summed E-state index contributed by atoms with van der Waals surface area (Å²) in [5.74, 6) is 1.72. The Kier molecular flexibility index (Phi) is 2.18. The lowest BCUT2D eigenvalue weighted by Crippen LogP contribution is -2.48. The van der Waals surface area contributed by atoms with Crippen LogP contribution in [0.4, 0.5) is 0 Å². The lowest BCUT2D eigenvalue weighted by molar-refractivity contribution is -0.0180. The highest BCUT2D eigenvalue weighted by Gasteiger charge is 2.50. The van der Waals surface area contributed by atoms with Crippen LogP contribution in [0.25, 0.3) is 0 Å². The number of fused-ring (bicyclic) bond motifs is 1. The standard InChI is InChI=1S/C13H20O2/c1-13(2)10-4-3-9(12(13)5-10)6-14-7-11-8-15-11/h3,10-12H,4-8H2,1-2H3/t10-,11-,12+/m1/s1. The molecule has 0 aromatic rings. The molecule has 2 heteroatoms. The van der Waals surface area contributed by atoms with Crippen LogP contribution in [0.2, 0.25) is 0 Å². The Morgan fingerprint density at radius 3 is 2.93 bits per heavy atom. The molecule has 1 heterocycles. The molecule has 4 aliphatic rings. The van der Waals surface area contributed by atoms with Gasteiger partial charge in [0.2, 0.25) is 0 Å². The van der Waals surface area contributed by atoms with Crippen molar-refractivity contribution in [3.05, 3.63) is 11.6 Å². The summed E-state index contributed by atoms with van der Waals surface area (Å²) >= 11 is 0. The minimum absolute atomic E-state index is 0.399. The number of rotatable bonds is 4. The summed E-state index contributed by atoms with van der Waals surface area (Å²) in [6.07, 6.45) is 5.47. The molecule has 0 N–H and O–H groups in total. The number of epoxide rings is 1. The van der Waals surface area contributed by atoms with Gasteiger partial charge < -0.3 is 9.47 Å². The molecular formula is C13H20O2. The van der Waals surface area contributed by atoms with Crippen LogP contribution in [0.3, 0.4) is 0 Å². The van der Waals surface area contributed by atoms with Gasteiger partial charge in [-0.05, 0) is 35.7 Å². The fourth-order valence-corrected chi connectivity index (χ4v) is 3.11. The van der Waals surface area contributed by atoms with Crippen LogP contribution in [0.1, 0.15) is 26.7 Å². The molecule has 0 amide bonds. The highest BCUT2D eigenvalue weighted by atomic mass is 16.6. The molecule has 1 saturated carbocycles. The summed E-state index contributed by atoms with van der Waals surface area (Å²) in [6, 6.07) is 0. The van der Waals surface area contributed by atoms with Crippen molar-refractivity contribution in [2.45, 2.75) is 32.8 Å². The lowest BCUT2D eigenvalue weighted by Gasteiger charge is -2.56. The molecular weight excluding hydrogens is 188 g/mol. The molecule has 15 heavy (non-hydrogen) atoms. The second-order valence-electron chi connectivity index (χ2n) is 5.79. The molecule has 2 bridgehead atoms. The van der Waals surface area contributed by atoms with Crippen LogP contribution < -0.4 is 0 Å². The molecule has 0 unspecified atom stereocenters. The summed E-state index contributed by atoms with van der Waals surface area (Å²) < 4.78 is 10.8. The molecule has 84 valence electrons. The van der Waals surface area contributed by atoms with Crippen molar-refractivity contribution in [3.8, 4) is 0 Å². The van der Waals surface area contributed by atoms with Crippen LogP contribution in [-0.2, 0) is 9.47 Å². The molecule has 2 nitrogen and oxygen atoms in total. The molecule has 0 spiro atoms. The third-order valence-corrected chi connectivity index (χ3v) is 4.56. The molecule has 0 aromatic heterocycles. The first-order valence-corrected chi connectivity index (χ1v) is 6.06. The van der Waals surface area contributed by atoms with Gasteiger partial charge in [0, 0.05) is 0 Å². The molecule has 4 rings (SSSR count). The molecule has 1 aliphatic heterocycles. The number of hydrogen-bond acceptors (Lipinski definition) is 2. The van der Waals surface area contributed by atoms with Gasteiger partial charge in [-0.15, -0.1) is 0 Å². The van der Waals surface area contributed by atoms with Crippen molar-refractivity contribution in [3.63, 3.8) is 0 Å². The average molecular weight is 208 g/mol. The van der Waals surface area contributed by atoms with E-state index in [4.69, 9.17) is 9.47 Å². The lowest BCUT2D eigenvalue weighted by atomic mass is 9.49. The van der Waals surface area contributed by atoms with Crippen LogP contribution in [-0.4, -0.2) is 25.9 Å². The minimum atomic E-state index is 0.399. The minimum Gasteiger partial charge on any atom is -0.374 e. The fourth-order valence-electron chi connectivity index (χ4n) is 3.11. The monoisotopic (exact) mass is 208 g/mol. The molecule has 2 fully saturated rings. The van der Waals surface area contributed by atoms with Crippen LogP contribution >= 0.6 is 0 Å². The third kappa shape index (κ3) is 1.64. The zero-order valence-electron chi connectivity index (χ0n) is 9.66. The summed E-state index contributed by atoms with van der Waals surface area (Å²) in [5, 5.41) is 0. The quantitative estimate of drug-likeness (QED) is 0.522. The predicted octanol–water partition coefficient (Wildman–Crippen LogP) is 2.39. The maximum absolute atomic E-state index is 5.69. The number of ether oxygens (including phenoxy) is 2. The van der Waals surface area contributed by atoms with E-state index in [0.717, 1.165) is 31.7 Å². The van der Waals surface area contributed by atoms with E-state index in [9.17, 15) is 0 Å². The Bertz CT molecular complexity index is 289. The molecule has 0 aromatic carbocycles. The number of hydrogen-bond donors (Lipinski definition) is 0. The fraction of sp³-hybridized carbons (Fsp3) is 0.846. The van der Waals surface area contributed by atoms with Crippen molar-refractivity contribution < 1.29 is 9.47 Å². The van der Waals surface area contributed by atoms with E-state index in [-0.39, 0.29) is 0 Å². The smallest absolute Gasteiger partial charge is 0.104 e. The van der Waals surface area contributed by atoms with Crippen molar-refractivity contribution in [2.24, 2.45) is 17.3 Å². The zero-order valence-corrected chi connectivity index (χ0v) is 9.66. The van der Waals surface area contributed by atoms with Crippen molar-refractivity contribution in [1.29, 1.82) is 0 Å². The van der Waals surface area contributed by atoms with Crippen LogP contribution in [0, 0.1) is 17.3 Å². The topological polar surface area (TPSA) is 21.8 Å². The largest absolute Gasteiger partial charge is 0.374 e. The molecule has 1 saturated heterocycles. The van der Waals surface area contributed by atoms with E-state index in [1.807, 2.05) is 0 Å². The van der Waals surface area contributed by atoms with Gasteiger partial charge in [-0.1, -0.05) is 19.9 Å². The van der Waals surface area contributed by atoms with Gasteiger partial charge in [0.1, 0.15) is 6.10 Å². The van der Waals surface area contributed by atoms with Crippen molar-refractivity contribution in [1.82, 2.24) is 0 Å².